The summed E-state index contributed by atoms with van der Waals surface area (Å²) in [5.41, 5.74) is 2.19. The third kappa shape index (κ3) is 4.78. The zero-order valence-corrected chi connectivity index (χ0v) is 19.0. The number of imidazole rings is 1. The van der Waals surface area contributed by atoms with Gasteiger partial charge in [-0.3, -0.25) is 4.79 Å². The van der Waals surface area contributed by atoms with E-state index in [0.717, 1.165) is 36.7 Å². The molecule has 3 aromatic rings. The second kappa shape index (κ2) is 9.70. The van der Waals surface area contributed by atoms with Crippen LogP contribution in [0.1, 0.15) is 32.1 Å². The summed E-state index contributed by atoms with van der Waals surface area (Å²) >= 11 is 0. The summed E-state index contributed by atoms with van der Waals surface area (Å²) in [7, 11) is -2.13. The quantitative estimate of drug-likeness (QED) is 0.586. The van der Waals surface area contributed by atoms with Crippen molar-refractivity contribution in [2.75, 3.05) is 25.5 Å². The SMILES string of the molecule is COc1ccc(S(=O)(=O)N2CCCCCC2)cc1NC(=O)CCn1cnc2ccccc21. The average molecular weight is 457 g/mol. The van der Waals surface area contributed by atoms with E-state index in [1.165, 1.54) is 23.5 Å². The lowest BCUT2D eigenvalue weighted by molar-refractivity contribution is -0.116. The lowest BCUT2D eigenvalue weighted by atomic mass is 10.2. The maximum absolute atomic E-state index is 13.1. The summed E-state index contributed by atoms with van der Waals surface area (Å²) in [5, 5.41) is 2.82. The van der Waals surface area contributed by atoms with Crippen LogP contribution in [-0.2, 0) is 21.4 Å². The normalized spacial score (nSPS) is 15.4. The van der Waals surface area contributed by atoms with Gasteiger partial charge in [0.25, 0.3) is 0 Å². The Balaban J connectivity index is 1.49. The number of amides is 1. The zero-order valence-electron chi connectivity index (χ0n) is 18.2. The maximum atomic E-state index is 13.1. The number of para-hydroxylation sites is 2. The third-order valence-corrected chi connectivity index (χ3v) is 7.65. The molecule has 32 heavy (non-hydrogen) atoms. The minimum atomic E-state index is -3.63. The first-order valence-corrected chi connectivity index (χ1v) is 12.3. The first-order valence-electron chi connectivity index (χ1n) is 10.9. The van der Waals surface area contributed by atoms with Crippen LogP contribution in [0.5, 0.6) is 5.75 Å². The summed E-state index contributed by atoms with van der Waals surface area (Å²) < 4.78 is 35.1. The number of aryl methyl sites for hydroxylation is 1. The summed E-state index contributed by atoms with van der Waals surface area (Å²) in [6.45, 7) is 1.50. The Labute approximate surface area is 188 Å². The fraction of sp³-hybridized carbons (Fsp3) is 0.391. The molecule has 1 aliphatic rings. The molecule has 0 aliphatic carbocycles. The number of sulfonamides is 1. The number of hydrogen-bond acceptors (Lipinski definition) is 5. The number of fused-ring (bicyclic) bond motifs is 1. The highest BCUT2D eigenvalue weighted by atomic mass is 32.2. The Kier molecular flexibility index (Phi) is 6.76. The van der Waals surface area contributed by atoms with Gasteiger partial charge in [0.2, 0.25) is 15.9 Å². The van der Waals surface area contributed by atoms with Crippen molar-refractivity contribution in [2.45, 2.75) is 43.5 Å². The molecule has 0 saturated carbocycles. The summed E-state index contributed by atoms with van der Waals surface area (Å²) in [5.74, 6) is 0.187. The molecule has 0 bridgehead atoms. The number of nitrogens with one attached hydrogen (secondary N) is 1. The Morgan fingerprint density at radius 3 is 2.59 bits per heavy atom. The molecular weight excluding hydrogens is 428 g/mol. The lowest BCUT2D eigenvalue weighted by Gasteiger charge is -2.21. The van der Waals surface area contributed by atoms with Crippen molar-refractivity contribution in [1.82, 2.24) is 13.9 Å². The van der Waals surface area contributed by atoms with E-state index in [9.17, 15) is 13.2 Å². The molecule has 4 rings (SSSR count). The molecule has 0 atom stereocenters. The fourth-order valence-electron chi connectivity index (χ4n) is 4.00. The first kappa shape index (κ1) is 22.3. The number of ether oxygens (including phenoxy) is 1. The largest absolute Gasteiger partial charge is 0.495 e. The van der Waals surface area contributed by atoms with Gasteiger partial charge in [-0.1, -0.05) is 25.0 Å². The monoisotopic (exact) mass is 456 g/mol. The van der Waals surface area contributed by atoms with E-state index in [4.69, 9.17) is 4.74 Å². The molecule has 8 nitrogen and oxygen atoms in total. The number of anilines is 1. The molecule has 0 radical (unpaired) electrons. The number of hydrogen-bond donors (Lipinski definition) is 1. The Morgan fingerprint density at radius 2 is 1.84 bits per heavy atom. The molecule has 1 amide bonds. The van der Waals surface area contributed by atoms with Gasteiger partial charge in [0.05, 0.1) is 35.1 Å². The number of carbonyl (C=O) groups is 1. The topological polar surface area (TPSA) is 93.5 Å². The van der Waals surface area contributed by atoms with Crippen LogP contribution >= 0.6 is 0 Å². The van der Waals surface area contributed by atoms with Crippen LogP contribution < -0.4 is 10.1 Å². The molecule has 1 N–H and O–H groups in total. The smallest absolute Gasteiger partial charge is 0.243 e. The number of nitrogens with zero attached hydrogens (tertiary/aromatic N) is 3. The highest BCUT2D eigenvalue weighted by molar-refractivity contribution is 7.89. The van der Waals surface area contributed by atoms with Crippen molar-refractivity contribution in [1.29, 1.82) is 0 Å². The Hall–Kier alpha value is -2.91. The van der Waals surface area contributed by atoms with Crippen molar-refractivity contribution < 1.29 is 17.9 Å². The Bertz CT molecular complexity index is 1200. The number of methoxy groups -OCH3 is 1. The molecule has 1 fully saturated rings. The van der Waals surface area contributed by atoms with Crippen LogP contribution in [0.4, 0.5) is 5.69 Å². The number of rotatable bonds is 7. The fourth-order valence-corrected chi connectivity index (χ4v) is 5.54. The van der Waals surface area contributed by atoms with Crippen LogP contribution in [-0.4, -0.2) is 48.4 Å². The molecular formula is C23H28N4O4S. The maximum Gasteiger partial charge on any atom is 0.243 e. The third-order valence-electron chi connectivity index (χ3n) is 5.75. The van der Waals surface area contributed by atoms with Gasteiger partial charge in [-0.2, -0.15) is 4.31 Å². The van der Waals surface area contributed by atoms with E-state index in [1.807, 2.05) is 28.8 Å². The molecule has 0 unspecified atom stereocenters. The van der Waals surface area contributed by atoms with Crippen LogP contribution in [0.3, 0.4) is 0 Å². The van der Waals surface area contributed by atoms with Gasteiger partial charge in [-0.25, -0.2) is 13.4 Å². The number of benzene rings is 2. The predicted molar refractivity (Wildman–Crippen MR) is 123 cm³/mol. The molecule has 170 valence electrons. The molecule has 1 saturated heterocycles. The highest BCUT2D eigenvalue weighted by Crippen LogP contribution is 2.30. The minimum Gasteiger partial charge on any atom is -0.495 e. The second-order valence-corrected chi connectivity index (χ2v) is 9.84. The van der Waals surface area contributed by atoms with E-state index < -0.39 is 10.0 Å². The highest BCUT2D eigenvalue weighted by Gasteiger charge is 2.26. The van der Waals surface area contributed by atoms with Crippen molar-refractivity contribution in [3.63, 3.8) is 0 Å². The molecule has 2 aromatic carbocycles. The van der Waals surface area contributed by atoms with Crippen molar-refractivity contribution in [3.05, 3.63) is 48.8 Å². The van der Waals surface area contributed by atoms with E-state index in [0.29, 0.717) is 31.1 Å². The minimum absolute atomic E-state index is 0.163. The van der Waals surface area contributed by atoms with Gasteiger partial charge in [0.15, 0.2) is 0 Å². The van der Waals surface area contributed by atoms with E-state index >= 15 is 0 Å². The summed E-state index contributed by atoms with van der Waals surface area (Å²) in [6.07, 6.45) is 5.74. The van der Waals surface area contributed by atoms with Gasteiger partial charge >= 0.3 is 0 Å². The van der Waals surface area contributed by atoms with Crippen molar-refractivity contribution in [3.8, 4) is 5.75 Å². The van der Waals surface area contributed by atoms with Gasteiger partial charge in [0, 0.05) is 26.1 Å². The first-order chi connectivity index (χ1) is 15.5. The standard InChI is InChI=1S/C23H28N4O4S/c1-31-22-11-10-18(32(29,30)27-13-6-2-3-7-14-27)16-20(22)25-23(28)12-15-26-17-24-19-8-4-5-9-21(19)26/h4-5,8-11,16-17H,2-3,6-7,12-15H2,1H3,(H,25,28). The summed E-state index contributed by atoms with van der Waals surface area (Å²) in [4.78, 5) is 17.2. The van der Waals surface area contributed by atoms with Crippen molar-refractivity contribution >= 4 is 32.7 Å². The molecule has 9 heteroatoms. The lowest BCUT2D eigenvalue weighted by Crippen LogP contribution is -2.32. The van der Waals surface area contributed by atoms with Crippen LogP contribution in [0, 0.1) is 0 Å². The second-order valence-electron chi connectivity index (χ2n) is 7.91. The number of aromatic nitrogens is 2. The zero-order chi connectivity index (χ0) is 22.6. The summed E-state index contributed by atoms with van der Waals surface area (Å²) in [6, 6.07) is 12.3. The molecule has 1 aromatic heterocycles. The van der Waals surface area contributed by atoms with Gasteiger partial charge in [-0.15, -0.1) is 0 Å². The van der Waals surface area contributed by atoms with E-state index in [-0.39, 0.29) is 17.2 Å². The molecule has 0 spiro atoms. The number of carbonyl (C=O) groups excluding carboxylic acids is 1. The van der Waals surface area contributed by atoms with Crippen molar-refractivity contribution in [2.24, 2.45) is 0 Å². The van der Waals surface area contributed by atoms with Crippen LogP contribution in [0.2, 0.25) is 0 Å². The Morgan fingerprint density at radius 1 is 1.09 bits per heavy atom. The molecule has 1 aliphatic heterocycles. The predicted octanol–water partition coefficient (Wildman–Crippen LogP) is 3.64. The van der Waals surface area contributed by atoms with E-state index in [1.54, 1.807) is 12.4 Å². The molecule has 2 heterocycles. The van der Waals surface area contributed by atoms with Gasteiger partial charge in [-0.05, 0) is 43.2 Å². The van der Waals surface area contributed by atoms with Crippen LogP contribution in [0.15, 0.2) is 53.7 Å². The van der Waals surface area contributed by atoms with Gasteiger partial charge < -0.3 is 14.6 Å². The van der Waals surface area contributed by atoms with Crippen LogP contribution in [0.25, 0.3) is 11.0 Å². The van der Waals surface area contributed by atoms with Gasteiger partial charge in [0.1, 0.15) is 5.75 Å². The average Bonchev–Trinajstić information content (AvgIpc) is 3.00. The van der Waals surface area contributed by atoms with E-state index in [2.05, 4.69) is 10.3 Å².